The number of rotatable bonds is 14. The molecular weight excluding hydrogens is 1100 g/mol. The van der Waals surface area contributed by atoms with Gasteiger partial charge in [-0.25, -0.2) is 19.2 Å². The third-order valence-electron chi connectivity index (χ3n) is 14.8. The van der Waals surface area contributed by atoms with Crippen molar-refractivity contribution in [2.75, 3.05) is 0 Å². The van der Waals surface area contributed by atoms with E-state index in [1.54, 1.807) is 170 Å². The fourth-order valence-corrected chi connectivity index (χ4v) is 12.7. The first-order valence-electron chi connectivity index (χ1n) is 26.4. The van der Waals surface area contributed by atoms with Crippen molar-refractivity contribution >= 4 is 81.8 Å². The molecule has 4 heterocycles. The van der Waals surface area contributed by atoms with Crippen molar-refractivity contribution in [2.24, 2.45) is 0 Å². The number of hydrogen-bond acceptors (Lipinski definition) is 16. The molecule has 0 spiro atoms. The van der Waals surface area contributed by atoms with Gasteiger partial charge < -0.3 is 28.4 Å². The molecule has 13 rings (SSSR count). The number of esters is 4. The molecule has 0 radical (unpaired) electrons. The zero-order valence-corrected chi connectivity index (χ0v) is 45.6. The Labute approximate surface area is 486 Å². The van der Waals surface area contributed by atoms with Crippen LogP contribution >= 0.6 is 22.7 Å². The molecule has 410 valence electrons. The molecule has 2 aliphatic heterocycles. The van der Waals surface area contributed by atoms with Gasteiger partial charge in [-0.1, -0.05) is 170 Å². The number of carbonyl (C=O) groups excluding carboxylic acids is 8. The van der Waals surface area contributed by atoms with Crippen LogP contribution in [0.2, 0.25) is 0 Å². The van der Waals surface area contributed by atoms with Gasteiger partial charge in [-0.3, -0.25) is 19.2 Å². The van der Waals surface area contributed by atoms with Gasteiger partial charge in [-0.05, 0) is 58.7 Å². The highest BCUT2D eigenvalue weighted by Gasteiger charge is 2.62. The zero-order valence-electron chi connectivity index (χ0n) is 44.0. The first kappa shape index (κ1) is 52.9. The molecule has 0 saturated carbocycles. The highest BCUT2D eigenvalue weighted by molar-refractivity contribution is 7.17. The van der Waals surface area contributed by atoms with Crippen molar-refractivity contribution in [3.05, 3.63) is 271 Å². The Balaban J connectivity index is 1.05. The molecule has 0 saturated heterocycles. The van der Waals surface area contributed by atoms with E-state index in [0.717, 1.165) is 22.7 Å². The third-order valence-corrected chi connectivity index (χ3v) is 16.9. The smallest absolute Gasteiger partial charge is 0.367 e. The molecule has 0 amide bonds. The summed E-state index contributed by atoms with van der Waals surface area (Å²) in [6.07, 6.45) is 2.81. The summed E-state index contributed by atoms with van der Waals surface area (Å²) >= 11 is 2.05. The molecule has 4 aliphatic rings. The van der Waals surface area contributed by atoms with Crippen LogP contribution in [0, 0.1) is 0 Å². The Morgan fingerprint density at radius 1 is 0.357 bits per heavy atom. The summed E-state index contributed by atoms with van der Waals surface area (Å²) in [7, 11) is 0. The number of hydrogen-bond donors (Lipinski definition) is 0. The summed E-state index contributed by atoms with van der Waals surface area (Å²) in [4.78, 5) is 119. The standard InChI is InChI=1S/C68H42O14S2/c69-57-45-25-13-14-26-46(45)58(70)51(57)29-43-31-55-61(83-43)49-34-54-50(33-53(49)67(81-55,63(73)77-35-39-17-5-1-6-18-39)64(74)78-36-40-19-7-2-8-20-40)62-56(32-44(84-62)30-52-59(71)47-27-15-16-28-48(47)60(52)72)82-68(54,65(75)79-37-41-21-9-3-10-22-41)66(76)80-38-42-23-11-4-12-24-42/h1-34H,35-38H2. The predicted molar refractivity (Wildman–Crippen MR) is 309 cm³/mol. The maximum absolute atomic E-state index is 15.6. The topological polar surface area (TPSA) is 192 Å². The Hall–Kier alpha value is -10.4. The number of carbonyl (C=O) groups is 8. The van der Waals surface area contributed by atoms with E-state index in [1.165, 1.54) is 36.4 Å². The number of allylic oxidation sites excluding steroid dienone is 2. The van der Waals surface area contributed by atoms with Crippen LogP contribution < -0.4 is 9.47 Å². The van der Waals surface area contributed by atoms with Crippen LogP contribution in [0.4, 0.5) is 0 Å². The molecule has 0 atom stereocenters. The van der Waals surface area contributed by atoms with Gasteiger partial charge in [0.25, 0.3) is 0 Å². The average molecular weight is 1150 g/mol. The van der Waals surface area contributed by atoms with Gasteiger partial charge >= 0.3 is 35.1 Å². The van der Waals surface area contributed by atoms with Crippen LogP contribution in [0.3, 0.4) is 0 Å². The van der Waals surface area contributed by atoms with Gasteiger partial charge in [-0.2, -0.15) is 0 Å². The Morgan fingerprint density at radius 3 is 0.893 bits per heavy atom. The SMILES string of the molecule is O=C1C(=Cc2cc3c(s2)-c2cc4c(cc2C(C(=O)OCc2ccccc2)(C(=O)OCc2ccccc2)O3)-c2sc(C=C3C(=O)c5ccccc5C3=O)cc2OC4(C(=O)OCc2ccccc2)C(=O)OCc2ccccc2)C(=O)c2ccccc21. The zero-order chi connectivity index (χ0) is 57.7. The summed E-state index contributed by atoms with van der Waals surface area (Å²) in [6.45, 7) is -1.33. The molecule has 9 aromatic rings. The number of benzene rings is 7. The normalized spacial score (nSPS) is 14.5. The molecule has 7 aromatic carbocycles. The van der Waals surface area contributed by atoms with Gasteiger partial charge in [0.1, 0.15) is 37.9 Å². The number of thiophene rings is 2. The van der Waals surface area contributed by atoms with E-state index in [0.29, 0.717) is 22.3 Å². The molecule has 0 fully saturated rings. The van der Waals surface area contributed by atoms with E-state index in [4.69, 9.17) is 28.4 Å². The Kier molecular flexibility index (Phi) is 13.5. The van der Waals surface area contributed by atoms with Crippen LogP contribution in [0.25, 0.3) is 33.0 Å². The number of ether oxygens (including phenoxy) is 6. The van der Waals surface area contributed by atoms with Crippen molar-refractivity contribution in [3.8, 4) is 32.4 Å². The summed E-state index contributed by atoms with van der Waals surface area (Å²) in [5, 5.41) is 0. The van der Waals surface area contributed by atoms with Gasteiger partial charge in [0, 0.05) is 54.3 Å². The van der Waals surface area contributed by atoms with Crippen molar-refractivity contribution in [1.82, 2.24) is 0 Å². The number of ketones is 4. The molecule has 16 heteroatoms. The van der Waals surface area contributed by atoms with Gasteiger partial charge in [-0.15, -0.1) is 22.7 Å². The lowest BCUT2D eigenvalue weighted by molar-refractivity contribution is -0.185. The second-order valence-electron chi connectivity index (χ2n) is 20.0. The first-order chi connectivity index (χ1) is 40.9. The summed E-state index contributed by atoms with van der Waals surface area (Å²) in [5.74, 6) is -7.10. The van der Waals surface area contributed by atoms with E-state index >= 15 is 19.2 Å². The lowest BCUT2D eigenvalue weighted by Crippen LogP contribution is -2.54. The van der Waals surface area contributed by atoms with E-state index in [9.17, 15) is 19.2 Å². The summed E-state index contributed by atoms with van der Waals surface area (Å²) < 4.78 is 38.0. The van der Waals surface area contributed by atoms with E-state index in [-0.39, 0.29) is 113 Å². The van der Waals surface area contributed by atoms with Crippen molar-refractivity contribution in [3.63, 3.8) is 0 Å². The maximum Gasteiger partial charge on any atom is 0.367 e. The van der Waals surface area contributed by atoms with Crippen LogP contribution in [-0.2, 0) is 75.8 Å². The fraction of sp³-hybridized carbons (Fsp3) is 0.0882. The molecular formula is C68H42O14S2. The Bertz CT molecular complexity index is 3850. The maximum atomic E-state index is 15.6. The molecule has 2 aromatic heterocycles. The Morgan fingerprint density at radius 2 is 0.619 bits per heavy atom. The van der Waals surface area contributed by atoms with Gasteiger partial charge in [0.05, 0.1) is 20.9 Å². The number of fused-ring (bicyclic) bond motifs is 8. The predicted octanol–water partition coefficient (Wildman–Crippen LogP) is 12.2. The second-order valence-corrected chi connectivity index (χ2v) is 22.1. The van der Waals surface area contributed by atoms with Crippen LogP contribution in [0.1, 0.15) is 84.6 Å². The average Bonchev–Trinajstić information content (AvgIpc) is 1.27. The van der Waals surface area contributed by atoms with Crippen molar-refractivity contribution < 1.29 is 66.8 Å². The van der Waals surface area contributed by atoms with E-state index in [2.05, 4.69) is 0 Å². The molecule has 84 heavy (non-hydrogen) atoms. The van der Waals surface area contributed by atoms with E-state index in [1.807, 2.05) is 0 Å². The quantitative estimate of drug-likeness (QED) is 0.0328. The summed E-state index contributed by atoms with van der Waals surface area (Å²) in [6, 6.07) is 53.6. The number of Topliss-reactive ketones (excluding diaryl/α,β-unsaturated/α-hetero) is 4. The molecule has 0 bridgehead atoms. The molecule has 0 unspecified atom stereocenters. The van der Waals surface area contributed by atoms with Crippen LogP contribution in [0.15, 0.2) is 205 Å². The second kappa shape index (κ2) is 21.5. The van der Waals surface area contributed by atoms with Crippen LogP contribution in [-0.4, -0.2) is 47.0 Å². The molecule has 0 N–H and O–H groups in total. The molecule has 2 aliphatic carbocycles. The minimum absolute atomic E-state index is 0.0484. The minimum atomic E-state index is -2.83. The lowest BCUT2D eigenvalue weighted by Gasteiger charge is -2.39. The highest BCUT2D eigenvalue weighted by atomic mass is 32.1. The lowest BCUT2D eigenvalue weighted by atomic mass is 9.78. The largest absolute Gasteiger partial charge is 0.458 e. The fourth-order valence-electron chi connectivity index (χ4n) is 10.6. The monoisotopic (exact) mass is 1150 g/mol. The van der Waals surface area contributed by atoms with Crippen LogP contribution in [0.5, 0.6) is 11.5 Å². The third kappa shape index (κ3) is 9.13. The van der Waals surface area contributed by atoms with Gasteiger partial charge in [0.15, 0.2) is 23.1 Å². The first-order valence-corrected chi connectivity index (χ1v) is 28.0. The van der Waals surface area contributed by atoms with Crippen molar-refractivity contribution in [1.29, 1.82) is 0 Å². The molecule has 14 nitrogen and oxygen atoms in total. The van der Waals surface area contributed by atoms with Crippen molar-refractivity contribution in [2.45, 2.75) is 37.6 Å². The minimum Gasteiger partial charge on any atom is -0.458 e. The van der Waals surface area contributed by atoms with E-state index < -0.39 is 58.2 Å². The highest BCUT2D eigenvalue weighted by Crippen LogP contribution is 2.58. The van der Waals surface area contributed by atoms with Gasteiger partial charge in [0.2, 0.25) is 0 Å². The summed E-state index contributed by atoms with van der Waals surface area (Å²) in [5.41, 5.74) is -3.04.